The number of nitrogens with zero attached hydrogens (tertiary/aromatic N) is 1. The van der Waals surface area contributed by atoms with Crippen LogP contribution in [0.25, 0.3) is 0 Å². The van der Waals surface area contributed by atoms with Crippen molar-refractivity contribution >= 4 is 11.9 Å². The minimum atomic E-state index is -1.06. The van der Waals surface area contributed by atoms with Crippen LogP contribution in [-0.4, -0.2) is 28.2 Å². The van der Waals surface area contributed by atoms with E-state index in [1.165, 1.54) is 12.1 Å². The zero-order chi connectivity index (χ0) is 19.2. The monoisotopic (exact) mass is 366 g/mol. The molecule has 0 bridgehead atoms. The molecule has 0 spiro atoms. The summed E-state index contributed by atoms with van der Waals surface area (Å²) in [6, 6.07) is 5.07. The van der Waals surface area contributed by atoms with Crippen LogP contribution in [0.5, 0.6) is 5.75 Å². The molecule has 1 saturated carbocycles. The maximum absolute atomic E-state index is 12.5. The van der Waals surface area contributed by atoms with E-state index in [0.717, 1.165) is 19.3 Å². The number of hydrogen-bond acceptors (Lipinski definition) is 7. The summed E-state index contributed by atoms with van der Waals surface area (Å²) < 4.78 is 5.30. The fourth-order valence-corrected chi connectivity index (χ4v) is 3.41. The van der Waals surface area contributed by atoms with Crippen molar-refractivity contribution in [1.29, 1.82) is 0 Å². The van der Waals surface area contributed by atoms with Crippen LogP contribution in [0.1, 0.15) is 44.1 Å². The van der Waals surface area contributed by atoms with Crippen molar-refractivity contribution in [1.82, 2.24) is 0 Å². The summed E-state index contributed by atoms with van der Waals surface area (Å²) >= 11 is 0. The van der Waals surface area contributed by atoms with Crippen molar-refractivity contribution in [3.05, 3.63) is 39.9 Å². The van der Waals surface area contributed by atoms with Crippen molar-refractivity contribution in [2.75, 3.05) is 0 Å². The van der Waals surface area contributed by atoms with Crippen LogP contribution in [0.15, 0.2) is 24.3 Å². The zero-order valence-electron chi connectivity index (χ0n) is 14.3. The number of ether oxygens (including phenoxy) is 1. The number of nitrogens with two attached hydrogens (primary N) is 1. The van der Waals surface area contributed by atoms with Gasteiger partial charge in [-0.2, -0.15) is 0 Å². The van der Waals surface area contributed by atoms with Gasteiger partial charge in [-0.05, 0) is 30.5 Å². The van der Waals surface area contributed by atoms with Crippen LogP contribution in [0, 0.1) is 15.5 Å². The minimum absolute atomic E-state index is 0.177. The van der Waals surface area contributed by atoms with Crippen molar-refractivity contribution in [2.24, 2.45) is 11.1 Å². The van der Waals surface area contributed by atoms with Crippen molar-refractivity contribution in [3.63, 3.8) is 0 Å². The van der Waals surface area contributed by atoms with E-state index in [4.69, 9.17) is 10.5 Å². The number of carboxylic acid groups (broad SMARTS) is 1. The van der Waals surface area contributed by atoms with E-state index >= 15 is 0 Å². The van der Waals surface area contributed by atoms with E-state index < -0.39 is 28.5 Å². The summed E-state index contributed by atoms with van der Waals surface area (Å²) in [4.78, 5) is 38.3. The largest absolute Gasteiger partial charge is 0.481 e. The Labute approximate surface area is 150 Å². The molecule has 1 aromatic carbocycles. The van der Waals surface area contributed by atoms with E-state index in [2.05, 4.69) is 4.84 Å². The Hall–Kier alpha value is -2.68. The van der Waals surface area contributed by atoms with Gasteiger partial charge in [-0.25, -0.2) is 4.79 Å². The topological polar surface area (TPSA) is 142 Å². The first-order valence-electron chi connectivity index (χ1n) is 8.38. The molecule has 1 aromatic rings. The van der Waals surface area contributed by atoms with E-state index in [1.54, 1.807) is 12.1 Å². The summed E-state index contributed by atoms with van der Waals surface area (Å²) in [5.74, 6) is -1.52. The van der Waals surface area contributed by atoms with Gasteiger partial charge in [0, 0.05) is 5.41 Å². The fourth-order valence-electron chi connectivity index (χ4n) is 3.41. The lowest BCUT2D eigenvalue weighted by molar-refractivity contribution is -0.763. The summed E-state index contributed by atoms with van der Waals surface area (Å²) in [6.45, 7) is -0.270. The third kappa shape index (κ3) is 5.16. The molecule has 2 rings (SSSR count). The fraction of sp³-hybridized carbons (Fsp3) is 0.529. The Balaban J connectivity index is 2.08. The first-order chi connectivity index (χ1) is 12.3. The minimum Gasteiger partial charge on any atom is -0.481 e. The van der Waals surface area contributed by atoms with Crippen LogP contribution in [0.3, 0.4) is 0 Å². The molecule has 26 heavy (non-hydrogen) atoms. The number of aliphatic carboxylic acids is 1. The highest BCUT2D eigenvalue weighted by atomic mass is 16.9. The maximum atomic E-state index is 12.5. The molecular weight excluding hydrogens is 344 g/mol. The molecule has 0 radical (unpaired) electrons. The van der Waals surface area contributed by atoms with E-state index in [0.29, 0.717) is 18.4 Å². The molecule has 1 unspecified atom stereocenters. The first kappa shape index (κ1) is 19.6. The first-order valence-corrected chi connectivity index (χ1v) is 8.38. The van der Waals surface area contributed by atoms with Crippen LogP contribution in [0.4, 0.5) is 0 Å². The normalized spacial score (nSPS) is 17.1. The summed E-state index contributed by atoms with van der Waals surface area (Å²) in [5.41, 5.74) is 5.75. The highest BCUT2D eigenvalue weighted by Gasteiger charge is 2.44. The lowest BCUT2D eigenvalue weighted by atomic mass is 9.67. The second-order valence-corrected chi connectivity index (χ2v) is 6.54. The Kier molecular flexibility index (Phi) is 6.51. The molecule has 0 saturated heterocycles. The van der Waals surface area contributed by atoms with Gasteiger partial charge < -0.3 is 20.4 Å². The van der Waals surface area contributed by atoms with Crippen LogP contribution in [-0.2, 0) is 21.0 Å². The molecule has 0 amide bonds. The standard InChI is InChI=1S/C17H22N2O7/c18-15(17(10-14(20)21)7-2-1-3-8-17)16(22)26-13-6-4-5-12(9-13)11-25-19(23)24/h4-6,9,15H,1-3,7-8,10-11,18H2,(H,20,21). The molecule has 1 fully saturated rings. The van der Waals surface area contributed by atoms with E-state index in [1.807, 2.05) is 0 Å². The van der Waals surface area contributed by atoms with E-state index in [-0.39, 0.29) is 18.8 Å². The van der Waals surface area contributed by atoms with Gasteiger partial charge in [0.15, 0.2) is 0 Å². The van der Waals surface area contributed by atoms with Gasteiger partial charge >= 0.3 is 11.9 Å². The average Bonchev–Trinajstić information content (AvgIpc) is 2.59. The number of carbonyl (C=O) groups excluding carboxylic acids is 1. The molecule has 1 aliphatic rings. The molecule has 0 aromatic heterocycles. The smallest absolute Gasteiger partial charge is 0.328 e. The van der Waals surface area contributed by atoms with Gasteiger partial charge in [0.25, 0.3) is 5.09 Å². The van der Waals surface area contributed by atoms with Crippen LogP contribution in [0.2, 0.25) is 0 Å². The van der Waals surface area contributed by atoms with Gasteiger partial charge in [0.05, 0.1) is 6.42 Å². The third-order valence-electron chi connectivity index (χ3n) is 4.72. The van der Waals surface area contributed by atoms with Crippen LogP contribution < -0.4 is 10.5 Å². The lowest BCUT2D eigenvalue weighted by Crippen LogP contribution is -2.51. The molecule has 3 N–H and O–H groups in total. The van der Waals surface area contributed by atoms with Crippen molar-refractivity contribution in [2.45, 2.75) is 51.2 Å². The predicted molar refractivity (Wildman–Crippen MR) is 89.6 cm³/mol. The molecule has 9 nitrogen and oxygen atoms in total. The summed E-state index contributed by atoms with van der Waals surface area (Å²) in [5, 5.41) is 18.6. The number of carboxylic acids is 1. The number of rotatable bonds is 8. The maximum Gasteiger partial charge on any atom is 0.328 e. The molecule has 1 atom stereocenters. The Bertz CT molecular complexity index is 671. The van der Waals surface area contributed by atoms with Gasteiger partial charge in [-0.1, -0.05) is 31.4 Å². The molecule has 0 heterocycles. The highest BCUT2D eigenvalue weighted by Crippen LogP contribution is 2.42. The number of hydrogen-bond donors (Lipinski definition) is 2. The predicted octanol–water partition coefficient (Wildman–Crippen LogP) is 2.05. The molecule has 142 valence electrons. The zero-order valence-corrected chi connectivity index (χ0v) is 14.3. The molecule has 9 heteroatoms. The second-order valence-electron chi connectivity index (χ2n) is 6.54. The summed E-state index contributed by atoms with van der Waals surface area (Å²) in [7, 11) is 0. The average molecular weight is 366 g/mol. The van der Waals surface area contributed by atoms with Crippen LogP contribution >= 0.6 is 0 Å². The van der Waals surface area contributed by atoms with E-state index in [9.17, 15) is 24.8 Å². The Morgan fingerprint density at radius 3 is 2.62 bits per heavy atom. The lowest BCUT2D eigenvalue weighted by Gasteiger charge is -2.39. The molecule has 1 aliphatic carbocycles. The van der Waals surface area contributed by atoms with Gasteiger partial charge in [0.1, 0.15) is 18.4 Å². The van der Waals surface area contributed by atoms with Gasteiger partial charge in [-0.15, -0.1) is 10.1 Å². The molecular formula is C17H22N2O7. The van der Waals surface area contributed by atoms with Crippen molar-refractivity contribution < 1.29 is 29.4 Å². The molecule has 0 aliphatic heterocycles. The number of esters is 1. The Morgan fingerprint density at radius 1 is 1.31 bits per heavy atom. The third-order valence-corrected chi connectivity index (χ3v) is 4.72. The Morgan fingerprint density at radius 2 is 2.00 bits per heavy atom. The van der Waals surface area contributed by atoms with Gasteiger partial charge in [0.2, 0.25) is 0 Å². The quantitative estimate of drug-likeness (QED) is 0.308. The van der Waals surface area contributed by atoms with Crippen molar-refractivity contribution in [3.8, 4) is 5.75 Å². The number of benzene rings is 1. The second kappa shape index (κ2) is 8.61. The van der Waals surface area contributed by atoms with Gasteiger partial charge in [-0.3, -0.25) is 4.79 Å². The number of carbonyl (C=O) groups is 2. The summed E-state index contributed by atoms with van der Waals surface area (Å²) in [6.07, 6.45) is 3.57. The highest BCUT2D eigenvalue weighted by molar-refractivity contribution is 5.80. The SMILES string of the molecule is NC(C(=O)Oc1cccc(CO[N+](=O)[O-])c1)C1(CC(=O)O)CCCCC1.